The normalized spacial score (nSPS) is 14.6. The molecule has 1 aromatic carbocycles. The van der Waals surface area contributed by atoms with E-state index in [0.717, 1.165) is 31.2 Å². The Morgan fingerprint density at radius 3 is 2.42 bits per heavy atom. The number of benzene rings is 1. The summed E-state index contributed by atoms with van der Waals surface area (Å²) in [4.78, 5) is 23.3. The minimum Gasteiger partial charge on any atom is -0.480 e. The van der Waals surface area contributed by atoms with Crippen LogP contribution in [0.4, 0.5) is 0 Å². The van der Waals surface area contributed by atoms with Gasteiger partial charge in [-0.2, -0.15) is 0 Å². The van der Waals surface area contributed by atoms with Gasteiger partial charge in [-0.25, -0.2) is 4.79 Å². The zero-order valence-electron chi connectivity index (χ0n) is 14.1. The van der Waals surface area contributed by atoms with Crippen LogP contribution in [0.25, 0.3) is 0 Å². The molecule has 0 aliphatic rings. The van der Waals surface area contributed by atoms with Gasteiger partial charge < -0.3 is 21.3 Å². The summed E-state index contributed by atoms with van der Waals surface area (Å²) in [7, 11) is 0. The van der Waals surface area contributed by atoms with Crippen LogP contribution >= 0.6 is 0 Å². The number of carbonyl (C=O) groups is 2. The summed E-state index contributed by atoms with van der Waals surface area (Å²) in [5.41, 5.74) is 6.79. The number of carbonyl (C=O) groups excluding carboxylic acids is 1. The number of aliphatic carboxylic acids is 1. The molecule has 1 rings (SSSR count). The molecule has 1 amide bonds. The van der Waals surface area contributed by atoms with E-state index < -0.39 is 30.1 Å². The molecule has 0 saturated carbocycles. The van der Waals surface area contributed by atoms with Crippen LogP contribution in [0, 0.1) is 0 Å². The van der Waals surface area contributed by atoms with E-state index in [4.69, 9.17) is 5.73 Å². The van der Waals surface area contributed by atoms with E-state index >= 15 is 0 Å². The maximum Gasteiger partial charge on any atom is 0.326 e. The molecule has 0 aromatic heterocycles. The molecule has 0 saturated heterocycles. The van der Waals surface area contributed by atoms with Crippen molar-refractivity contribution in [3.05, 3.63) is 35.9 Å². The van der Waals surface area contributed by atoms with Crippen molar-refractivity contribution in [3.63, 3.8) is 0 Å². The van der Waals surface area contributed by atoms with E-state index in [-0.39, 0.29) is 0 Å². The van der Waals surface area contributed by atoms with Gasteiger partial charge >= 0.3 is 5.97 Å². The summed E-state index contributed by atoms with van der Waals surface area (Å²) in [6.07, 6.45) is 2.97. The Balaban J connectivity index is 2.51. The first-order valence-corrected chi connectivity index (χ1v) is 8.46. The van der Waals surface area contributed by atoms with Gasteiger partial charge in [0.15, 0.2) is 0 Å². The monoisotopic (exact) mass is 336 g/mol. The third-order valence-electron chi connectivity index (χ3n) is 3.95. The number of aliphatic hydroxyl groups is 1. The number of carboxylic acid groups (broad SMARTS) is 1. The topological polar surface area (TPSA) is 113 Å². The van der Waals surface area contributed by atoms with Gasteiger partial charge in [-0.05, 0) is 18.4 Å². The fourth-order valence-electron chi connectivity index (χ4n) is 2.48. The van der Waals surface area contributed by atoms with Gasteiger partial charge in [0.05, 0.1) is 0 Å². The molecule has 3 atom stereocenters. The Labute approximate surface area is 143 Å². The van der Waals surface area contributed by atoms with Crippen molar-refractivity contribution in [2.75, 3.05) is 0 Å². The summed E-state index contributed by atoms with van der Waals surface area (Å²) in [5, 5.41) is 21.7. The molecule has 0 bridgehead atoms. The number of hydrogen-bond acceptors (Lipinski definition) is 4. The fourth-order valence-corrected chi connectivity index (χ4v) is 2.48. The highest BCUT2D eigenvalue weighted by Gasteiger charge is 2.27. The molecule has 0 unspecified atom stereocenters. The second-order valence-corrected chi connectivity index (χ2v) is 6.05. The Bertz CT molecular complexity index is 507. The molecule has 6 nitrogen and oxygen atoms in total. The van der Waals surface area contributed by atoms with Crippen LogP contribution in [-0.2, 0) is 16.0 Å². The average molecular weight is 336 g/mol. The lowest BCUT2D eigenvalue weighted by atomic mass is 10.0. The molecular formula is C18H28N2O4. The van der Waals surface area contributed by atoms with E-state index in [1.165, 1.54) is 0 Å². The van der Waals surface area contributed by atoms with Crippen molar-refractivity contribution in [2.24, 2.45) is 5.73 Å². The van der Waals surface area contributed by atoms with Crippen molar-refractivity contribution in [3.8, 4) is 0 Å². The third kappa shape index (κ3) is 7.10. The minimum atomic E-state index is -1.44. The number of unbranched alkanes of at least 4 members (excludes halogenated alkanes) is 3. The Morgan fingerprint density at radius 2 is 1.83 bits per heavy atom. The van der Waals surface area contributed by atoms with Gasteiger partial charge in [0, 0.05) is 6.04 Å². The molecule has 134 valence electrons. The quantitative estimate of drug-likeness (QED) is 0.457. The summed E-state index contributed by atoms with van der Waals surface area (Å²) in [6, 6.07) is 7.51. The third-order valence-corrected chi connectivity index (χ3v) is 3.95. The SMILES string of the molecule is CCCCCC[C@H](NC(=O)[C@H](O)[C@@H](N)Cc1ccccc1)C(=O)O. The molecular weight excluding hydrogens is 308 g/mol. The van der Waals surface area contributed by atoms with Crippen LogP contribution in [-0.4, -0.2) is 40.3 Å². The van der Waals surface area contributed by atoms with Crippen molar-refractivity contribution < 1.29 is 19.8 Å². The minimum absolute atomic E-state index is 0.337. The van der Waals surface area contributed by atoms with E-state index in [2.05, 4.69) is 12.2 Å². The van der Waals surface area contributed by atoms with Crippen LogP contribution in [0.3, 0.4) is 0 Å². The smallest absolute Gasteiger partial charge is 0.326 e. The lowest BCUT2D eigenvalue weighted by Crippen LogP contribution is -2.51. The molecule has 1 aromatic rings. The maximum atomic E-state index is 12.1. The first-order chi connectivity index (χ1) is 11.5. The molecule has 0 spiro atoms. The molecule has 0 fully saturated rings. The highest BCUT2D eigenvalue weighted by molar-refractivity contribution is 5.86. The Kier molecular flexibility index (Phi) is 9.04. The van der Waals surface area contributed by atoms with Crippen LogP contribution in [0.1, 0.15) is 44.6 Å². The van der Waals surface area contributed by atoms with E-state index in [9.17, 15) is 19.8 Å². The first kappa shape index (κ1) is 20.1. The van der Waals surface area contributed by atoms with Crippen molar-refractivity contribution in [1.82, 2.24) is 5.32 Å². The van der Waals surface area contributed by atoms with Gasteiger partial charge in [0.25, 0.3) is 5.91 Å². The predicted molar refractivity (Wildman–Crippen MR) is 92.5 cm³/mol. The largest absolute Gasteiger partial charge is 0.480 e. The molecule has 24 heavy (non-hydrogen) atoms. The molecule has 0 aliphatic carbocycles. The van der Waals surface area contributed by atoms with E-state index in [1.807, 2.05) is 30.3 Å². The van der Waals surface area contributed by atoms with E-state index in [1.54, 1.807) is 0 Å². The van der Waals surface area contributed by atoms with Gasteiger partial charge in [-0.3, -0.25) is 4.79 Å². The summed E-state index contributed by atoms with van der Waals surface area (Å²) in [5.74, 6) is -1.83. The van der Waals surface area contributed by atoms with Gasteiger partial charge in [-0.15, -0.1) is 0 Å². The summed E-state index contributed by atoms with van der Waals surface area (Å²) < 4.78 is 0. The van der Waals surface area contributed by atoms with Crippen LogP contribution < -0.4 is 11.1 Å². The van der Waals surface area contributed by atoms with Crippen molar-refractivity contribution in [2.45, 2.75) is 63.6 Å². The number of nitrogens with two attached hydrogens (primary N) is 1. The second-order valence-electron chi connectivity index (χ2n) is 6.05. The first-order valence-electron chi connectivity index (χ1n) is 8.46. The second kappa shape index (κ2) is 10.8. The predicted octanol–water partition coefficient (Wildman–Crippen LogP) is 1.46. The Hall–Kier alpha value is -1.92. The lowest BCUT2D eigenvalue weighted by Gasteiger charge is -2.21. The molecule has 0 aliphatic heterocycles. The van der Waals surface area contributed by atoms with Crippen molar-refractivity contribution >= 4 is 11.9 Å². The number of rotatable bonds is 11. The standard InChI is InChI=1S/C18H28N2O4/c1-2-3-4-8-11-15(18(23)24)20-17(22)16(21)14(19)12-13-9-6-5-7-10-13/h5-7,9-10,14-16,21H,2-4,8,11-12,19H2,1H3,(H,20,22)(H,23,24)/t14-,15-,16+/m0/s1. The van der Waals surface area contributed by atoms with Crippen LogP contribution in [0.15, 0.2) is 30.3 Å². The summed E-state index contributed by atoms with van der Waals surface area (Å²) >= 11 is 0. The highest BCUT2D eigenvalue weighted by atomic mass is 16.4. The number of carboxylic acids is 1. The average Bonchev–Trinajstić information content (AvgIpc) is 2.57. The number of nitrogens with one attached hydrogen (secondary N) is 1. The maximum absolute atomic E-state index is 12.1. The number of amides is 1. The summed E-state index contributed by atoms with van der Waals surface area (Å²) in [6.45, 7) is 2.07. The van der Waals surface area contributed by atoms with Crippen molar-refractivity contribution in [1.29, 1.82) is 0 Å². The van der Waals surface area contributed by atoms with E-state index in [0.29, 0.717) is 12.8 Å². The van der Waals surface area contributed by atoms with Gasteiger partial charge in [-0.1, -0.05) is 62.9 Å². The fraction of sp³-hybridized carbons (Fsp3) is 0.556. The number of hydrogen-bond donors (Lipinski definition) is 4. The highest BCUT2D eigenvalue weighted by Crippen LogP contribution is 2.08. The molecule has 0 heterocycles. The lowest BCUT2D eigenvalue weighted by molar-refractivity contribution is -0.143. The van der Waals surface area contributed by atoms with Gasteiger partial charge in [0.1, 0.15) is 12.1 Å². The zero-order chi connectivity index (χ0) is 17.9. The Morgan fingerprint density at radius 1 is 1.17 bits per heavy atom. The van der Waals surface area contributed by atoms with Crippen LogP contribution in [0.5, 0.6) is 0 Å². The molecule has 6 heteroatoms. The number of aliphatic hydroxyl groups excluding tert-OH is 1. The van der Waals surface area contributed by atoms with Gasteiger partial charge in [0.2, 0.25) is 0 Å². The zero-order valence-corrected chi connectivity index (χ0v) is 14.1. The van der Waals surface area contributed by atoms with Crippen LogP contribution in [0.2, 0.25) is 0 Å². The molecule has 0 radical (unpaired) electrons. The molecule has 5 N–H and O–H groups in total.